The summed E-state index contributed by atoms with van der Waals surface area (Å²) in [5, 5.41) is 51.9. The molecule has 4 unspecified atom stereocenters. The lowest BCUT2D eigenvalue weighted by atomic mass is 9.96. The number of carboxylic acids is 1. The molecule has 34 heavy (non-hydrogen) atoms. The van der Waals surface area contributed by atoms with Crippen molar-refractivity contribution in [1.29, 1.82) is 0 Å². The van der Waals surface area contributed by atoms with Gasteiger partial charge in [0, 0.05) is 25.8 Å². The van der Waals surface area contributed by atoms with Crippen molar-refractivity contribution < 1.29 is 39.6 Å². The maximum absolute atomic E-state index is 11.9. The molecule has 0 aliphatic rings. The van der Waals surface area contributed by atoms with Crippen LogP contribution in [0.5, 0.6) is 0 Å². The van der Waals surface area contributed by atoms with Gasteiger partial charge in [-0.05, 0) is 19.3 Å². The number of carbonyl (C=O) groups excluding carboxylic acids is 1. The summed E-state index contributed by atoms with van der Waals surface area (Å²) in [5.41, 5.74) is 0. The molecule has 0 saturated carbocycles. The molecule has 9 nitrogen and oxygen atoms in total. The van der Waals surface area contributed by atoms with Gasteiger partial charge in [0.2, 0.25) is 5.91 Å². The largest absolute Gasteiger partial charge is 0.477 e. The standard InChI is InChI=1S/C25H50N2O7/c1-4-5-9-13-20(28)22(30)18-23(31)21(29)14-10-7-6-8-11-15-24(32)26-16-12-17-27(2,3)19-25(33)34/h20-23,28-31H,4-19H2,1-3H3,(H-,26,32,33,34)/p+1. The van der Waals surface area contributed by atoms with Crippen molar-refractivity contribution in [1.82, 2.24) is 5.32 Å². The molecule has 0 bridgehead atoms. The summed E-state index contributed by atoms with van der Waals surface area (Å²) in [7, 11) is 3.72. The van der Waals surface area contributed by atoms with E-state index in [-0.39, 0.29) is 18.9 Å². The number of hydrogen-bond donors (Lipinski definition) is 6. The summed E-state index contributed by atoms with van der Waals surface area (Å²) in [5.74, 6) is -0.816. The predicted octanol–water partition coefficient (Wildman–Crippen LogP) is 1.80. The minimum atomic E-state index is -1.05. The fourth-order valence-corrected chi connectivity index (χ4v) is 3.99. The molecule has 0 aromatic heterocycles. The fourth-order valence-electron chi connectivity index (χ4n) is 3.99. The van der Waals surface area contributed by atoms with E-state index in [9.17, 15) is 30.0 Å². The summed E-state index contributed by atoms with van der Waals surface area (Å²) in [4.78, 5) is 22.7. The first-order chi connectivity index (χ1) is 16.0. The highest BCUT2D eigenvalue weighted by Gasteiger charge is 2.24. The normalized spacial score (nSPS) is 15.5. The van der Waals surface area contributed by atoms with Gasteiger partial charge >= 0.3 is 5.97 Å². The van der Waals surface area contributed by atoms with E-state index in [2.05, 4.69) is 12.2 Å². The third-order valence-electron chi connectivity index (χ3n) is 6.20. The van der Waals surface area contributed by atoms with E-state index >= 15 is 0 Å². The van der Waals surface area contributed by atoms with Crippen molar-refractivity contribution in [2.75, 3.05) is 33.7 Å². The zero-order valence-electron chi connectivity index (χ0n) is 21.6. The molecule has 0 heterocycles. The first kappa shape index (κ1) is 32.7. The van der Waals surface area contributed by atoms with Crippen LogP contribution in [-0.2, 0) is 9.59 Å². The van der Waals surface area contributed by atoms with Crippen LogP contribution in [0, 0.1) is 0 Å². The number of nitrogens with zero attached hydrogens (tertiary/aromatic N) is 1. The number of hydrogen-bond acceptors (Lipinski definition) is 6. The van der Waals surface area contributed by atoms with Crippen LogP contribution in [0.1, 0.15) is 90.4 Å². The van der Waals surface area contributed by atoms with Gasteiger partial charge in [0.05, 0.1) is 45.1 Å². The minimum absolute atomic E-state index is 0.0116. The Bertz CT molecular complexity index is 545. The molecule has 0 radical (unpaired) electrons. The minimum Gasteiger partial charge on any atom is -0.477 e. The second-order valence-electron chi connectivity index (χ2n) is 10.2. The van der Waals surface area contributed by atoms with Crippen LogP contribution in [0.4, 0.5) is 0 Å². The molecule has 0 aromatic carbocycles. The third-order valence-corrected chi connectivity index (χ3v) is 6.20. The molecular weight excluding hydrogens is 440 g/mol. The number of unbranched alkanes of at least 4 members (excludes halogenated alkanes) is 6. The van der Waals surface area contributed by atoms with Crippen molar-refractivity contribution in [3.63, 3.8) is 0 Å². The number of carboxylic acid groups (broad SMARTS) is 1. The molecule has 9 heteroatoms. The Morgan fingerprint density at radius 3 is 1.85 bits per heavy atom. The summed E-state index contributed by atoms with van der Waals surface area (Å²) in [6.45, 7) is 3.36. The zero-order chi connectivity index (χ0) is 26.0. The van der Waals surface area contributed by atoms with E-state index in [0.29, 0.717) is 36.8 Å². The fraction of sp³-hybridized carbons (Fsp3) is 0.920. The second-order valence-corrected chi connectivity index (χ2v) is 10.2. The molecule has 0 rings (SSSR count). The number of carbonyl (C=O) groups is 2. The van der Waals surface area contributed by atoms with Gasteiger partial charge in [-0.15, -0.1) is 0 Å². The third kappa shape index (κ3) is 18.1. The summed E-state index contributed by atoms with van der Waals surface area (Å²) in [6, 6.07) is 0. The highest BCUT2D eigenvalue weighted by Crippen LogP contribution is 2.16. The van der Waals surface area contributed by atoms with Crippen molar-refractivity contribution in [2.24, 2.45) is 0 Å². The molecule has 0 fully saturated rings. The quantitative estimate of drug-likeness (QED) is 0.0999. The number of nitrogens with one attached hydrogen (secondary N) is 1. The van der Waals surface area contributed by atoms with E-state index in [1.54, 1.807) is 0 Å². The lowest BCUT2D eigenvalue weighted by molar-refractivity contribution is -0.883. The number of aliphatic carboxylic acids is 1. The Labute approximate surface area is 205 Å². The Balaban J connectivity index is 3.75. The van der Waals surface area contributed by atoms with Gasteiger partial charge in [-0.2, -0.15) is 0 Å². The van der Waals surface area contributed by atoms with Crippen LogP contribution >= 0.6 is 0 Å². The Kier molecular flexibility index (Phi) is 18.3. The Morgan fingerprint density at radius 2 is 1.29 bits per heavy atom. The molecule has 4 atom stereocenters. The SMILES string of the molecule is CCCCCC(O)C(O)CC(O)C(O)CCCCCCCC(=O)NCCC[N+](C)(C)CC(=O)O. The van der Waals surface area contributed by atoms with Crippen molar-refractivity contribution in [3.8, 4) is 0 Å². The van der Waals surface area contributed by atoms with Gasteiger partial charge in [0.1, 0.15) is 0 Å². The molecule has 0 aromatic rings. The van der Waals surface area contributed by atoms with Gasteiger partial charge in [-0.1, -0.05) is 51.9 Å². The van der Waals surface area contributed by atoms with E-state index < -0.39 is 30.4 Å². The van der Waals surface area contributed by atoms with E-state index in [4.69, 9.17) is 5.11 Å². The monoisotopic (exact) mass is 491 g/mol. The first-order valence-corrected chi connectivity index (χ1v) is 13.0. The molecule has 0 aliphatic heterocycles. The van der Waals surface area contributed by atoms with E-state index in [1.165, 1.54) is 0 Å². The lowest BCUT2D eigenvalue weighted by Crippen LogP contribution is -2.45. The van der Waals surface area contributed by atoms with Gasteiger partial charge in [0.15, 0.2) is 6.54 Å². The van der Waals surface area contributed by atoms with Gasteiger partial charge in [-0.3, -0.25) is 4.79 Å². The second kappa shape index (κ2) is 19.0. The summed E-state index contributed by atoms with van der Waals surface area (Å²) >= 11 is 0. The van der Waals surface area contributed by atoms with Gasteiger partial charge < -0.3 is 35.3 Å². The average Bonchev–Trinajstić information content (AvgIpc) is 2.74. The van der Waals surface area contributed by atoms with Crippen LogP contribution in [0.3, 0.4) is 0 Å². The average molecular weight is 492 g/mol. The van der Waals surface area contributed by atoms with Gasteiger partial charge in [-0.25, -0.2) is 4.79 Å². The van der Waals surface area contributed by atoms with Crippen LogP contribution < -0.4 is 5.32 Å². The smallest absolute Gasteiger partial charge is 0.359 e. The van der Waals surface area contributed by atoms with Crippen LogP contribution in [-0.4, -0.2) is 100 Å². The highest BCUT2D eigenvalue weighted by molar-refractivity contribution is 5.75. The molecule has 0 spiro atoms. The molecule has 6 N–H and O–H groups in total. The Morgan fingerprint density at radius 1 is 0.765 bits per heavy atom. The Hall–Kier alpha value is -1.26. The van der Waals surface area contributed by atoms with E-state index in [1.807, 2.05) is 14.1 Å². The van der Waals surface area contributed by atoms with Crippen molar-refractivity contribution >= 4 is 11.9 Å². The zero-order valence-corrected chi connectivity index (χ0v) is 21.6. The molecule has 0 saturated heterocycles. The number of rotatable bonds is 22. The highest BCUT2D eigenvalue weighted by atomic mass is 16.4. The first-order valence-electron chi connectivity index (χ1n) is 13.0. The molecule has 1 amide bonds. The molecular formula is C25H51N2O7+. The molecule has 202 valence electrons. The van der Waals surface area contributed by atoms with Crippen molar-refractivity contribution in [2.45, 2.75) is 115 Å². The van der Waals surface area contributed by atoms with Crippen molar-refractivity contribution in [3.05, 3.63) is 0 Å². The number of aliphatic hydroxyl groups is 4. The van der Waals surface area contributed by atoms with Gasteiger partial charge in [0.25, 0.3) is 0 Å². The predicted molar refractivity (Wildman–Crippen MR) is 132 cm³/mol. The number of aliphatic hydroxyl groups excluding tert-OH is 4. The number of likely N-dealkylation sites (N-methyl/N-ethyl adjacent to an activating group) is 1. The van der Waals surface area contributed by atoms with E-state index in [0.717, 1.165) is 57.8 Å². The lowest BCUT2D eigenvalue weighted by Gasteiger charge is -2.27. The topological polar surface area (TPSA) is 147 Å². The van der Waals surface area contributed by atoms with Crippen LogP contribution in [0.2, 0.25) is 0 Å². The maximum atomic E-state index is 11.9. The summed E-state index contributed by atoms with van der Waals surface area (Å²) < 4.78 is 0.387. The maximum Gasteiger partial charge on any atom is 0.359 e. The number of amides is 1. The number of quaternary nitrogens is 1. The van der Waals surface area contributed by atoms with Crippen LogP contribution in [0.25, 0.3) is 0 Å². The summed E-state index contributed by atoms with van der Waals surface area (Å²) in [6.07, 6.45) is 5.41. The van der Waals surface area contributed by atoms with Crippen LogP contribution in [0.15, 0.2) is 0 Å². The molecule has 0 aliphatic carbocycles.